The Morgan fingerprint density at radius 1 is 0.714 bits per heavy atom. The number of imide groups is 1. The zero-order chi connectivity index (χ0) is 19.7. The number of nitrogens with zero attached hydrogens (tertiary/aromatic N) is 1. The van der Waals surface area contributed by atoms with Crippen molar-refractivity contribution in [2.75, 3.05) is 7.11 Å². The Bertz CT molecular complexity index is 1070. The van der Waals surface area contributed by atoms with E-state index >= 15 is 0 Å². The van der Waals surface area contributed by atoms with Crippen LogP contribution in [0.5, 0.6) is 5.75 Å². The van der Waals surface area contributed by atoms with E-state index in [1.807, 2.05) is 18.2 Å². The largest absolute Gasteiger partial charge is 0.496 e. The fourth-order valence-electron chi connectivity index (χ4n) is 3.15. The lowest BCUT2D eigenvalue weighted by molar-refractivity contribution is -0.0584. The maximum Gasteiger partial charge on any atom is 0.364 e. The van der Waals surface area contributed by atoms with Crippen LogP contribution in [-0.2, 0) is 4.84 Å². The molecule has 0 N–H and O–H groups in total. The van der Waals surface area contributed by atoms with Gasteiger partial charge < -0.3 is 9.57 Å². The summed E-state index contributed by atoms with van der Waals surface area (Å²) in [5, 5.41) is 0.506. The number of para-hydroxylation sites is 1. The van der Waals surface area contributed by atoms with Crippen LogP contribution in [0.2, 0.25) is 0 Å². The molecule has 0 fully saturated rings. The van der Waals surface area contributed by atoms with Crippen LogP contribution in [0.1, 0.15) is 31.1 Å². The SMILES string of the molecule is COc1ccccc1-c1ccccc1C(=O)ON1C(=O)c2ccccc2C1=O. The van der Waals surface area contributed by atoms with Gasteiger partial charge in [-0.25, -0.2) is 4.79 Å². The third-order valence-electron chi connectivity index (χ3n) is 4.48. The molecule has 0 bridgehead atoms. The van der Waals surface area contributed by atoms with Gasteiger partial charge in [0.15, 0.2) is 0 Å². The lowest BCUT2D eigenvalue weighted by Crippen LogP contribution is -2.32. The van der Waals surface area contributed by atoms with E-state index in [1.54, 1.807) is 49.6 Å². The molecule has 28 heavy (non-hydrogen) atoms. The van der Waals surface area contributed by atoms with Gasteiger partial charge in [-0.3, -0.25) is 9.59 Å². The van der Waals surface area contributed by atoms with Gasteiger partial charge in [0.25, 0.3) is 11.8 Å². The van der Waals surface area contributed by atoms with Crippen molar-refractivity contribution in [3.8, 4) is 16.9 Å². The number of hydrogen-bond acceptors (Lipinski definition) is 5. The number of amides is 2. The molecule has 1 heterocycles. The standard InChI is InChI=1S/C22H15NO5/c1-27-19-13-7-6-9-15(19)14-8-2-5-12-18(14)22(26)28-23-20(24)16-10-3-4-11-17(16)21(23)25/h2-13H,1H3. The van der Waals surface area contributed by atoms with Gasteiger partial charge in [0.1, 0.15) is 5.75 Å². The van der Waals surface area contributed by atoms with E-state index in [-0.39, 0.29) is 16.7 Å². The predicted molar refractivity (Wildman–Crippen MR) is 101 cm³/mol. The molecule has 0 unspecified atom stereocenters. The average molecular weight is 373 g/mol. The number of rotatable bonds is 4. The van der Waals surface area contributed by atoms with Crippen molar-refractivity contribution < 1.29 is 24.0 Å². The minimum absolute atomic E-state index is 0.207. The van der Waals surface area contributed by atoms with E-state index in [0.29, 0.717) is 21.9 Å². The fourth-order valence-corrected chi connectivity index (χ4v) is 3.15. The number of ether oxygens (including phenoxy) is 1. The van der Waals surface area contributed by atoms with Crippen LogP contribution in [0.25, 0.3) is 11.1 Å². The molecule has 0 saturated heterocycles. The first-order valence-electron chi connectivity index (χ1n) is 8.54. The molecule has 0 radical (unpaired) electrons. The lowest BCUT2D eigenvalue weighted by atomic mass is 9.99. The highest BCUT2D eigenvalue weighted by molar-refractivity contribution is 6.21. The van der Waals surface area contributed by atoms with Gasteiger partial charge in [0, 0.05) is 5.56 Å². The predicted octanol–water partition coefficient (Wildman–Crippen LogP) is 3.73. The Kier molecular flexibility index (Phi) is 4.37. The zero-order valence-electron chi connectivity index (χ0n) is 14.9. The highest BCUT2D eigenvalue weighted by Crippen LogP contribution is 2.33. The van der Waals surface area contributed by atoms with Crippen molar-refractivity contribution in [3.05, 3.63) is 89.5 Å². The van der Waals surface area contributed by atoms with Crippen LogP contribution >= 0.6 is 0 Å². The Labute approximate surface area is 160 Å². The van der Waals surface area contributed by atoms with Crippen molar-refractivity contribution in [2.45, 2.75) is 0 Å². The first-order valence-corrected chi connectivity index (χ1v) is 8.54. The van der Waals surface area contributed by atoms with E-state index in [2.05, 4.69) is 0 Å². The molecule has 6 heteroatoms. The topological polar surface area (TPSA) is 72.9 Å². The number of hydrogen-bond donors (Lipinski definition) is 0. The Morgan fingerprint density at radius 3 is 1.82 bits per heavy atom. The zero-order valence-corrected chi connectivity index (χ0v) is 14.9. The number of carbonyl (C=O) groups excluding carboxylic acids is 3. The molecule has 0 aliphatic carbocycles. The molecular weight excluding hydrogens is 358 g/mol. The minimum atomic E-state index is -0.809. The third kappa shape index (κ3) is 2.81. The van der Waals surface area contributed by atoms with E-state index in [4.69, 9.17) is 9.57 Å². The summed E-state index contributed by atoms with van der Waals surface area (Å²) in [6.07, 6.45) is 0. The normalized spacial score (nSPS) is 12.7. The summed E-state index contributed by atoms with van der Waals surface area (Å²) in [4.78, 5) is 42.9. The van der Waals surface area contributed by atoms with Gasteiger partial charge in [-0.2, -0.15) is 0 Å². The van der Waals surface area contributed by atoms with Crippen LogP contribution in [-0.4, -0.2) is 30.0 Å². The number of carbonyl (C=O) groups is 3. The molecule has 0 atom stereocenters. The first kappa shape index (κ1) is 17.5. The van der Waals surface area contributed by atoms with E-state index in [9.17, 15) is 14.4 Å². The molecule has 1 aliphatic rings. The third-order valence-corrected chi connectivity index (χ3v) is 4.48. The van der Waals surface area contributed by atoms with Gasteiger partial charge in [-0.05, 0) is 29.8 Å². The second-order valence-electron chi connectivity index (χ2n) is 6.07. The molecule has 0 aromatic heterocycles. The monoisotopic (exact) mass is 373 g/mol. The number of benzene rings is 3. The highest BCUT2D eigenvalue weighted by atomic mass is 16.7. The van der Waals surface area contributed by atoms with Crippen molar-refractivity contribution in [1.29, 1.82) is 0 Å². The van der Waals surface area contributed by atoms with Crippen LogP contribution in [0, 0.1) is 0 Å². The Hall–Kier alpha value is -3.93. The molecule has 0 saturated carbocycles. The van der Waals surface area contributed by atoms with Crippen LogP contribution in [0.15, 0.2) is 72.8 Å². The summed E-state index contributed by atoms with van der Waals surface area (Å²) < 4.78 is 5.37. The molecule has 2 amide bonds. The fraction of sp³-hybridized carbons (Fsp3) is 0.0455. The Balaban J connectivity index is 1.68. The quantitative estimate of drug-likeness (QED) is 0.652. The molecule has 4 rings (SSSR count). The molecule has 6 nitrogen and oxygen atoms in total. The second kappa shape index (κ2) is 7.00. The van der Waals surface area contributed by atoms with Gasteiger partial charge in [-0.1, -0.05) is 53.6 Å². The van der Waals surface area contributed by atoms with Crippen molar-refractivity contribution in [3.63, 3.8) is 0 Å². The summed E-state index contributed by atoms with van der Waals surface area (Å²) in [6, 6.07) is 20.3. The minimum Gasteiger partial charge on any atom is -0.496 e. The first-order chi connectivity index (χ1) is 13.6. The van der Waals surface area contributed by atoms with Crippen LogP contribution < -0.4 is 4.74 Å². The second-order valence-corrected chi connectivity index (χ2v) is 6.07. The number of fused-ring (bicyclic) bond motifs is 1. The van der Waals surface area contributed by atoms with E-state index in [0.717, 1.165) is 0 Å². The Morgan fingerprint density at radius 2 is 1.21 bits per heavy atom. The average Bonchev–Trinajstić information content (AvgIpc) is 2.98. The van der Waals surface area contributed by atoms with Crippen LogP contribution in [0.3, 0.4) is 0 Å². The molecule has 3 aromatic rings. The maximum absolute atomic E-state index is 12.8. The maximum atomic E-state index is 12.8. The smallest absolute Gasteiger partial charge is 0.364 e. The lowest BCUT2D eigenvalue weighted by Gasteiger charge is -2.15. The van der Waals surface area contributed by atoms with Gasteiger partial charge >= 0.3 is 5.97 Å². The molecule has 0 spiro atoms. The summed E-state index contributed by atoms with van der Waals surface area (Å²) in [7, 11) is 1.54. The van der Waals surface area contributed by atoms with Crippen molar-refractivity contribution in [1.82, 2.24) is 5.06 Å². The summed E-state index contributed by atoms with van der Waals surface area (Å²) in [5.41, 5.74) is 1.89. The molecular formula is C22H15NO5. The summed E-state index contributed by atoms with van der Waals surface area (Å²) in [5.74, 6) is -1.55. The molecule has 138 valence electrons. The highest BCUT2D eigenvalue weighted by Gasteiger charge is 2.39. The molecule has 3 aromatic carbocycles. The van der Waals surface area contributed by atoms with Gasteiger partial charge in [0.2, 0.25) is 0 Å². The summed E-state index contributed by atoms with van der Waals surface area (Å²) in [6.45, 7) is 0. The van der Waals surface area contributed by atoms with Crippen molar-refractivity contribution >= 4 is 17.8 Å². The van der Waals surface area contributed by atoms with E-state index < -0.39 is 17.8 Å². The van der Waals surface area contributed by atoms with Crippen molar-refractivity contribution in [2.24, 2.45) is 0 Å². The number of hydroxylamine groups is 2. The number of methoxy groups -OCH3 is 1. The van der Waals surface area contributed by atoms with Crippen LogP contribution in [0.4, 0.5) is 0 Å². The summed E-state index contributed by atoms with van der Waals surface area (Å²) >= 11 is 0. The van der Waals surface area contributed by atoms with Gasteiger partial charge in [0.05, 0.1) is 23.8 Å². The van der Waals surface area contributed by atoms with Gasteiger partial charge in [-0.15, -0.1) is 0 Å². The van der Waals surface area contributed by atoms with E-state index in [1.165, 1.54) is 12.1 Å². The molecule has 1 aliphatic heterocycles.